The zero-order valence-electron chi connectivity index (χ0n) is 33.0. The van der Waals surface area contributed by atoms with Gasteiger partial charge in [0.1, 0.15) is 11.4 Å². The zero-order chi connectivity index (χ0) is 39.9. The molecule has 0 bridgehead atoms. The summed E-state index contributed by atoms with van der Waals surface area (Å²) in [7, 11) is -4.84. The molecule has 2 aromatic rings. The predicted molar refractivity (Wildman–Crippen MR) is 215 cm³/mol. The first-order valence-corrected chi connectivity index (χ1v) is 21.9. The van der Waals surface area contributed by atoms with Gasteiger partial charge in [0, 0.05) is 12.8 Å². The van der Waals surface area contributed by atoms with Crippen LogP contribution in [0.5, 0.6) is 5.75 Å². The molecule has 0 saturated heterocycles. The van der Waals surface area contributed by atoms with Crippen molar-refractivity contribution in [3.05, 3.63) is 65.7 Å². The number of carbonyl (C=O) groups excluding carboxylic acids is 2. The maximum Gasteiger partial charge on any atom is 0.524 e. The molecule has 7 N–H and O–H groups in total. The summed E-state index contributed by atoms with van der Waals surface area (Å²) >= 11 is 0. The highest BCUT2D eigenvalue weighted by Crippen LogP contribution is 2.38. The van der Waals surface area contributed by atoms with E-state index in [1.54, 1.807) is 6.92 Å². The zero-order valence-corrected chi connectivity index (χ0v) is 33.9. The number of hydrogen-bond acceptors (Lipinski definition) is 7. The number of nitrogens with two attached hydrogens (primary N) is 1. The van der Waals surface area contributed by atoms with E-state index in [0.29, 0.717) is 37.8 Å². The summed E-state index contributed by atoms with van der Waals surface area (Å²) in [5, 5.41) is 16.9. The first-order chi connectivity index (χ1) is 25.8. The summed E-state index contributed by atoms with van der Waals surface area (Å²) in [4.78, 5) is 59.1. The van der Waals surface area contributed by atoms with Crippen molar-refractivity contribution in [1.82, 2.24) is 10.6 Å². The van der Waals surface area contributed by atoms with Crippen LogP contribution in [0.15, 0.2) is 54.6 Å². The van der Waals surface area contributed by atoms with E-state index in [-0.39, 0.29) is 18.1 Å². The Morgan fingerprint density at radius 2 is 1.31 bits per heavy atom. The number of carboxylic acid groups (broad SMARTS) is 1. The number of Topliss-reactive ketones (excluding diaryl/α,β-unsaturated/α-hetero) is 1. The summed E-state index contributed by atoms with van der Waals surface area (Å²) < 4.78 is 16.2. The third-order valence-electron chi connectivity index (χ3n) is 10.4. The minimum absolute atomic E-state index is 0.0969. The molecular weight excluding hydrogens is 705 g/mol. The molecule has 0 spiro atoms. The molecule has 54 heavy (non-hydrogen) atoms. The molecule has 12 heteroatoms. The van der Waals surface area contributed by atoms with Gasteiger partial charge in [0.15, 0.2) is 11.3 Å². The molecule has 2 rings (SSSR count). The number of phosphoric acid groups is 1. The van der Waals surface area contributed by atoms with Crippen molar-refractivity contribution in [3.63, 3.8) is 0 Å². The second kappa shape index (κ2) is 25.2. The van der Waals surface area contributed by atoms with Crippen molar-refractivity contribution in [3.8, 4) is 5.75 Å². The molecule has 0 saturated carbocycles. The highest BCUT2D eigenvalue weighted by atomic mass is 31.2. The van der Waals surface area contributed by atoms with Crippen molar-refractivity contribution in [1.29, 1.82) is 0 Å². The van der Waals surface area contributed by atoms with Crippen LogP contribution in [0.2, 0.25) is 0 Å². The number of carbonyl (C=O) groups is 3. The first kappa shape index (κ1) is 47.1. The molecular formula is C42H68N3O8P. The van der Waals surface area contributed by atoms with E-state index in [1.165, 1.54) is 88.5 Å². The van der Waals surface area contributed by atoms with Gasteiger partial charge in [-0.25, -0.2) is 9.36 Å². The highest BCUT2D eigenvalue weighted by Gasteiger charge is 2.51. The van der Waals surface area contributed by atoms with Crippen LogP contribution in [0.3, 0.4) is 0 Å². The van der Waals surface area contributed by atoms with Crippen molar-refractivity contribution in [2.75, 3.05) is 6.54 Å². The summed E-state index contributed by atoms with van der Waals surface area (Å²) in [6.07, 6.45) is 18.6. The Morgan fingerprint density at radius 3 is 1.80 bits per heavy atom. The van der Waals surface area contributed by atoms with Gasteiger partial charge in [0.2, 0.25) is 5.91 Å². The van der Waals surface area contributed by atoms with E-state index in [4.69, 9.17) is 10.3 Å². The van der Waals surface area contributed by atoms with Crippen LogP contribution in [-0.2, 0) is 31.0 Å². The smallest absolute Gasteiger partial charge is 0.480 e. The fraction of sp³-hybridized carbons (Fsp3) is 0.643. The van der Waals surface area contributed by atoms with Crippen LogP contribution in [0.4, 0.5) is 0 Å². The lowest BCUT2D eigenvalue weighted by Crippen LogP contribution is -2.65. The Morgan fingerprint density at radius 1 is 0.778 bits per heavy atom. The number of amides is 1. The molecule has 0 aliphatic rings. The number of unbranched alkanes of at least 4 members (excludes halogenated alkanes) is 13. The van der Waals surface area contributed by atoms with Gasteiger partial charge in [0.05, 0.1) is 0 Å². The minimum Gasteiger partial charge on any atom is -0.480 e. The fourth-order valence-electron chi connectivity index (χ4n) is 7.17. The standard InChI is InChI=1S/C42H68N3O8P/c1-4-7-8-9-10-11-12-13-14-15-16-17-18-22-32-44-41(45-39(47)6-3,36-28-30-37(31-29-36)53-54(50,51)52)33-38(46)42(43,40(48)49)35(5-2)27-23-26-34-24-20-19-21-25-34/h19-21,24-25,28-31,35,44H,4-18,22-23,26-27,32-33,43H2,1-3H3,(H,45,47)(H,48,49)(H2,50,51,52). The number of nitrogens with one attached hydrogen (secondary N) is 2. The molecule has 3 atom stereocenters. The molecule has 11 nitrogen and oxygen atoms in total. The quantitative estimate of drug-likeness (QED) is 0.0187. The van der Waals surface area contributed by atoms with E-state index >= 15 is 0 Å². The van der Waals surface area contributed by atoms with Crippen molar-refractivity contribution in [2.45, 2.75) is 160 Å². The monoisotopic (exact) mass is 773 g/mol. The van der Waals surface area contributed by atoms with Crippen molar-refractivity contribution < 1.29 is 38.4 Å². The molecule has 304 valence electrons. The Kier molecular flexibility index (Phi) is 21.9. The molecule has 3 unspecified atom stereocenters. The maximum absolute atomic E-state index is 14.4. The van der Waals surface area contributed by atoms with Crippen LogP contribution in [0, 0.1) is 5.92 Å². The molecule has 0 aromatic heterocycles. The highest BCUT2D eigenvalue weighted by molar-refractivity contribution is 7.46. The number of hydrogen-bond donors (Lipinski definition) is 6. The van der Waals surface area contributed by atoms with Gasteiger partial charge in [-0.15, -0.1) is 0 Å². The summed E-state index contributed by atoms with van der Waals surface area (Å²) in [5.74, 6) is -3.31. The van der Waals surface area contributed by atoms with Crippen LogP contribution in [-0.4, -0.2) is 44.6 Å². The maximum atomic E-state index is 14.4. The lowest BCUT2D eigenvalue weighted by Gasteiger charge is -2.40. The minimum atomic E-state index is -4.84. The lowest BCUT2D eigenvalue weighted by molar-refractivity contribution is -0.152. The largest absolute Gasteiger partial charge is 0.524 e. The molecule has 0 fully saturated rings. The molecule has 0 radical (unpaired) electrons. The topological polar surface area (TPSA) is 188 Å². The lowest BCUT2D eigenvalue weighted by atomic mass is 9.73. The normalized spacial score (nSPS) is 14.5. The van der Waals surface area contributed by atoms with E-state index in [9.17, 15) is 33.8 Å². The number of rotatable bonds is 31. The van der Waals surface area contributed by atoms with Gasteiger partial charge in [-0.3, -0.25) is 24.7 Å². The predicted octanol–water partition coefficient (Wildman–Crippen LogP) is 8.70. The summed E-state index contributed by atoms with van der Waals surface area (Å²) in [6.45, 7) is 6.15. The average Bonchev–Trinajstić information content (AvgIpc) is 3.14. The average molecular weight is 774 g/mol. The second-order valence-electron chi connectivity index (χ2n) is 14.7. The van der Waals surface area contributed by atoms with Gasteiger partial charge in [-0.05, 0) is 61.4 Å². The van der Waals surface area contributed by atoms with Gasteiger partial charge >= 0.3 is 13.8 Å². The van der Waals surface area contributed by atoms with Crippen LogP contribution in [0.1, 0.15) is 154 Å². The number of aliphatic carboxylic acids is 1. The third kappa shape index (κ3) is 16.7. The Balaban J connectivity index is 2.21. The van der Waals surface area contributed by atoms with Crippen LogP contribution < -0.4 is 20.9 Å². The molecule has 0 heterocycles. The molecule has 0 aliphatic heterocycles. The van der Waals surface area contributed by atoms with Crippen LogP contribution >= 0.6 is 7.82 Å². The second-order valence-corrected chi connectivity index (χ2v) is 15.9. The number of phosphoric ester groups is 1. The van der Waals surface area contributed by atoms with Gasteiger partial charge in [-0.1, -0.05) is 153 Å². The molecule has 1 amide bonds. The number of benzene rings is 2. The summed E-state index contributed by atoms with van der Waals surface area (Å²) in [5.41, 5.74) is 4.37. The van der Waals surface area contributed by atoms with E-state index in [2.05, 4.69) is 17.6 Å². The number of aryl methyl sites for hydroxylation is 1. The van der Waals surface area contributed by atoms with E-state index in [0.717, 1.165) is 31.2 Å². The van der Waals surface area contributed by atoms with Crippen molar-refractivity contribution in [2.24, 2.45) is 11.7 Å². The molecule has 0 aliphatic carbocycles. The van der Waals surface area contributed by atoms with E-state index in [1.807, 2.05) is 37.3 Å². The third-order valence-corrected chi connectivity index (χ3v) is 10.9. The van der Waals surface area contributed by atoms with Crippen LogP contribution in [0.25, 0.3) is 0 Å². The first-order valence-electron chi connectivity index (χ1n) is 20.3. The fourth-order valence-corrected chi connectivity index (χ4v) is 7.57. The van der Waals surface area contributed by atoms with Crippen molar-refractivity contribution >= 4 is 25.5 Å². The Hall–Kier alpha value is -3.08. The van der Waals surface area contributed by atoms with E-state index < -0.39 is 43.1 Å². The number of ketones is 1. The van der Waals surface area contributed by atoms with Gasteiger partial charge in [-0.2, -0.15) is 0 Å². The van der Waals surface area contributed by atoms with Gasteiger partial charge in [0.25, 0.3) is 0 Å². The molecule has 2 aromatic carbocycles. The van der Waals surface area contributed by atoms with Gasteiger partial charge < -0.3 is 20.7 Å². The Labute approximate surface area is 323 Å². The summed E-state index contributed by atoms with van der Waals surface area (Å²) in [6, 6.07) is 15.5. The SMILES string of the molecule is CCCCCCCCCCCCCCCCNC(CC(=O)C(N)(C(=O)O)C(CC)CCCc1ccccc1)(NC(=O)CC)c1ccc(OP(=O)(O)O)cc1. The Bertz CT molecular complexity index is 1420. The number of carboxylic acids is 1.